The Morgan fingerprint density at radius 3 is 2.67 bits per heavy atom. The highest BCUT2D eigenvalue weighted by molar-refractivity contribution is 6.11. The fourth-order valence-electron chi connectivity index (χ4n) is 1.71. The van der Waals surface area contributed by atoms with Gasteiger partial charge in [-0.2, -0.15) is 0 Å². The van der Waals surface area contributed by atoms with E-state index >= 15 is 0 Å². The topological polar surface area (TPSA) is 38.7 Å². The van der Waals surface area contributed by atoms with Crippen LogP contribution >= 0.6 is 0 Å². The first-order chi connectivity index (χ1) is 5.70. The standard InChI is InChI=1S/C8H15BO3/c1-3-6-5(2)7(11-4-10)8(9)12-6/h5-8,10H,3-4H2,1-2H3/t5?,6-,7?,8-/m1/s1. The van der Waals surface area contributed by atoms with Crippen LogP contribution in [0.25, 0.3) is 0 Å². The predicted octanol–water partition coefficient (Wildman–Crippen LogP) is 0.261. The number of ether oxygens (including phenoxy) is 2. The second-order valence-electron chi connectivity index (χ2n) is 3.17. The molecule has 1 saturated heterocycles. The highest BCUT2D eigenvalue weighted by atomic mass is 16.6. The third-order valence-corrected chi connectivity index (χ3v) is 2.43. The molecule has 1 rings (SSSR count). The Morgan fingerprint density at radius 2 is 2.25 bits per heavy atom. The molecule has 4 atom stereocenters. The Morgan fingerprint density at radius 1 is 1.58 bits per heavy atom. The SMILES string of the molecule is [B][C@@H]1O[C@H](CC)C(C)C1OCO. The lowest BCUT2D eigenvalue weighted by Gasteiger charge is -2.18. The maximum atomic E-state index is 8.59. The van der Waals surface area contributed by atoms with Crippen LogP contribution in [-0.2, 0) is 9.47 Å². The van der Waals surface area contributed by atoms with Crippen molar-refractivity contribution in [2.45, 2.75) is 38.5 Å². The van der Waals surface area contributed by atoms with Gasteiger partial charge in [-0.1, -0.05) is 13.8 Å². The zero-order valence-electron chi connectivity index (χ0n) is 7.56. The summed E-state index contributed by atoms with van der Waals surface area (Å²) in [6.45, 7) is 3.79. The average molecular weight is 170 g/mol. The molecule has 1 aliphatic rings. The van der Waals surface area contributed by atoms with E-state index in [-0.39, 0.29) is 24.9 Å². The van der Waals surface area contributed by atoms with Crippen molar-refractivity contribution in [3.05, 3.63) is 0 Å². The normalized spacial score (nSPS) is 41.9. The summed E-state index contributed by atoms with van der Waals surface area (Å²) < 4.78 is 10.5. The van der Waals surface area contributed by atoms with Gasteiger partial charge in [0, 0.05) is 11.9 Å². The van der Waals surface area contributed by atoms with E-state index in [0.29, 0.717) is 0 Å². The van der Waals surface area contributed by atoms with E-state index in [1.165, 1.54) is 0 Å². The minimum atomic E-state index is -0.392. The van der Waals surface area contributed by atoms with Gasteiger partial charge in [-0.3, -0.25) is 0 Å². The van der Waals surface area contributed by atoms with E-state index in [1.807, 2.05) is 6.92 Å². The number of hydrogen-bond donors (Lipinski definition) is 1. The Hall–Kier alpha value is -0.0551. The van der Waals surface area contributed by atoms with Crippen molar-refractivity contribution in [2.75, 3.05) is 6.79 Å². The molecule has 0 spiro atoms. The molecule has 1 fully saturated rings. The van der Waals surface area contributed by atoms with Crippen LogP contribution in [0.3, 0.4) is 0 Å². The Kier molecular flexibility index (Phi) is 3.56. The summed E-state index contributed by atoms with van der Waals surface area (Å²) in [4.78, 5) is 0. The van der Waals surface area contributed by atoms with E-state index in [0.717, 1.165) is 6.42 Å². The first-order valence-electron chi connectivity index (χ1n) is 4.34. The summed E-state index contributed by atoms with van der Waals surface area (Å²) in [5, 5.41) is 8.59. The molecule has 1 heterocycles. The van der Waals surface area contributed by atoms with Gasteiger partial charge in [0.15, 0.2) is 0 Å². The quantitative estimate of drug-likeness (QED) is 0.487. The molecule has 68 valence electrons. The zero-order valence-corrected chi connectivity index (χ0v) is 7.56. The van der Waals surface area contributed by atoms with Crippen molar-refractivity contribution in [1.82, 2.24) is 0 Å². The number of hydrogen-bond acceptors (Lipinski definition) is 3. The molecule has 1 aliphatic heterocycles. The van der Waals surface area contributed by atoms with Crippen LogP contribution in [0.5, 0.6) is 0 Å². The molecular weight excluding hydrogens is 155 g/mol. The van der Waals surface area contributed by atoms with Gasteiger partial charge in [0.25, 0.3) is 0 Å². The molecule has 12 heavy (non-hydrogen) atoms. The van der Waals surface area contributed by atoms with Gasteiger partial charge in [0.2, 0.25) is 0 Å². The summed E-state index contributed by atoms with van der Waals surface area (Å²) in [5.41, 5.74) is 0. The third kappa shape index (κ3) is 1.81. The Bertz CT molecular complexity index is 142. The lowest BCUT2D eigenvalue weighted by molar-refractivity contribution is -0.0691. The van der Waals surface area contributed by atoms with Crippen molar-refractivity contribution in [2.24, 2.45) is 5.92 Å². The molecule has 1 N–H and O–H groups in total. The predicted molar refractivity (Wildman–Crippen MR) is 45.8 cm³/mol. The van der Waals surface area contributed by atoms with Gasteiger partial charge in [-0.05, 0) is 6.42 Å². The van der Waals surface area contributed by atoms with Gasteiger partial charge in [0.1, 0.15) is 14.6 Å². The summed E-state index contributed by atoms with van der Waals surface area (Å²) >= 11 is 0. The van der Waals surface area contributed by atoms with Gasteiger partial charge in [-0.25, -0.2) is 0 Å². The second kappa shape index (κ2) is 4.26. The highest BCUT2D eigenvalue weighted by Crippen LogP contribution is 2.29. The van der Waals surface area contributed by atoms with Crippen LogP contribution in [0.2, 0.25) is 0 Å². The van der Waals surface area contributed by atoms with Crippen molar-refractivity contribution in [3.63, 3.8) is 0 Å². The largest absolute Gasteiger partial charge is 0.382 e. The molecule has 0 amide bonds. The van der Waals surface area contributed by atoms with Crippen molar-refractivity contribution < 1.29 is 14.6 Å². The molecule has 0 bridgehead atoms. The fourth-order valence-corrected chi connectivity index (χ4v) is 1.71. The molecule has 2 radical (unpaired) electrons. The van der Waals surface area contributed by atoms with Crippen LogP contribution in [-0.4, -0.2) is 38.0 Å². The van der Waals surface area contributed by atoms with Crippen molar-refractivity contribution in [3.8, 4) is 0 Å². The second-order valence-corrected chi connectivity index (χ2v) is 3.17. The summed E-state index contributed by atoms with van der Waals surface area (Å²) in [7, 11) is 5.66. The zero-order chi connectivity index (χ0) is 9.14. The molecule has 4 heteroatoms. The summed E-state index contributed by atoms with van der Waals surface area (Å²) in [6, 6.07) is -0.392. The van der Waals surface area contributed by atoms with Gasteiger partial charge < -0.3 is 14.6 Å². The Labute approximate surface area is 74.5 Å². The molecule has 0 aromatic carbocycles. The molecular formula is C8H15BO3. The van der Waals surface area contributed by atoms with E-state index < -0.39 is 6.00 Å². The maximum Gasteiger partial charge on any atom is 0.144 e. The third-order valence-electron chi connectivity index (χ3n) is 2.43. The number of rotatable bonds is 3. The molecule has 0 aliphatic carbocycles. The van der Waals surface area contributed by atoms with E-state index in [4.69, 9.17) is 22.4 Å². The minimum absolute atomic E-state index is 0.163. The highest BCUT2D eigenvalue weighted by Gasteiger charge is 2.38. The lowest BCUT2D eigenvalue weighted by atomic mass is 9.88. The van der Waals surface area contributed by atoms with E-state index in [9.17, 15) is 0 Å². The number of aliphatic hydroxyl groups is 1. The molecule has 0 aromatic rings. The van der Waals surface area contributed by atoms with Gasteiger partial charge in [-0.15, -0.1) is 0 Å². The van der Waals surface area contributed by atoms with Crippen LogP contribution < -0.4 is 0 Å². The molecule has 3 nitrogen and oxygen atoms in total. The summed E-state index contributed by atoms with van der Waals surface area (Å²) in [5.74, 6) is 0.261. The Balaban J connectivity index is 2.51. The van der Waals surface area contributed by atoms with Crippen molar-refractivity contribution in [1.29, 1.82) is 0 Å². The van der Waals surface area contributed by atoms with Crippen LogP contribution in [0.15, 0.2) is 0 Å². The van der Waals surface area contributed by atoms with Crippen LogP contribution in [0, 0.1) is 5.92 Å². The average Bonchev–Trinajstić information content (AvgIpc) is 2.32. The van der Waals surface area contributed by atoms with Gasteiger partial charge in [0.05, 0.1) is 12.2 Å². The fraction of sp³-hybridized carbons (Fsp3) is 1.00. The van der Waals surface area contributed by atoms with E-state index in [2.05, 4.69) is 6.92 Å². The first-order valence-corrected chi connectivity index (χ1v) is 4.34. The van der Waals surface area contributed by atoms with Crippen molar-refractivity contribution >= 4 is 7.85 Å². The maximum absolute atomic E-state index is 8.59. The smallest absolute Gasteiger partial charge is 0.144 e. The van der Waals surface area contributed by atoms with Crippen LogP contribution in [0.1, 0.15) is 20.3 Å². The lowest BCUT2D eigenvalue weighted by Crippen LogP contribution is -2.29. The van der Waals surface area contributed by atoms with Crippen LogP contribution in [0.4, 0.5) is 0 Å². The number of aliphatic hydroxyl groups excluding tert-OH is 1. The minimum Gasteiger partial charge on any atom is -0.382 e. The summed E-state index contributed by atoms with van der Waals surface area (Å²) in [6.07, 6.45) is 0.927. The van der Waals surface area contributed by atoms with E-state index in [1.54, 1.807) is 0 Å². The van der Waals surface area contributed by atoms with Gasteiger partial charge >= 0.3 is 0 Å². The molecule has 2 unspecified atom stereocenters. The monoisotopic (exact) mass is 170 g/mol. The molecule has 0 aromatic heterocycles. The first kappa shape index (κ1) is 10.0. The molecule has 0 saturated carbocycles.